The highest BCUT2D eigenvalue weighted by molar-refractivity contribution is 6.00. The lowest BCUT2D eigenvalue weighted by Gasteiger charge is -2.42. The molecule has 17 heavy (non-hydrogen) atoms. The smallest absolute Gasteiger partial charge is 0.268 e. The third kappa shape index (κ3) is 1.03. The number of hydrogen-bond donors (Lipinski definition) is 0. The summed E-state index contributed by atoms with van der Waals surface area (Å²) in [4.78, 5) is 13.8. The Morgan fingerprint density at radius 2 is 2.24 bits per heavy atom. The number of rotatable bonds is 0. The van der Waals surface area contributed by atoms with Crippen LogP contribution >= 0.6 is 0 Å². The average Bonchev–Trinajstić information content (AvgIpc) is 2.64. The molecule has 1 aromatic rings. The number of hydrogen-bond acceptors (Lipinski definition) is 2. The van der Waals surface area contributed by atoms with Gasteiger partial charge in [-0.1, -0.05) is 12.1 Å². The topological polar surface area (TPSA) is 29.5 Å². The highest BCUT2D eigenvalue weighted by Gasteiger charge is 2.60. The van der Waals surface area contributed by atoms with E-state index in [1.165, 1.54) is 0 Å². The summed E-state index contributed by atoms with van der Waals surface area (Å²) in [5.41, 5.74) is 0.722. The first-order valence-corrected chi connectivity index (χ1v) is 5.99. The van der Waals surface area contributed by atoms with Crippen molar-refractivity contribution in [1.29, 1.82) is 0 Å². The number of carbonyl (C=O) groups is 1. The summed E-state index contributed by atoms with van der Waals surface area (Å²) < 4.78 is 20.2. The monoisotopic (exact) mass is 233 g/mol. The standard InChI is InChI=1S/C13H12FNO2/c14-13-6-5-8-7-11(13)15(12(8)16)9-3-1-2-4-10(9)17-13/h1-4,8,11H,5-7H2/t8-,11-,13+/m0/s1. The van der Waals surface area contributed by atoms with Gasteiger partial charge in [0.25, 0.3) is 5.85 Å². The minimum absolute atomic E-state index is 0.0152. The summed E-state index contributed by atoms with van der Waals surface area (Å²) in [6.45, 7) is 0. The molecule has 2 heterocycles. The minimum Gasteiger partial charge on any atom is -0.453 e. The Hall–Kier alpha value is -1.58. The van der Waals surface area contributed by atoms with E-state index in [0.717, 1.165) is 5.69 Å². The zero-order chi connectivity index (χ0) is 11.6. The maximum atomic E-state index is 14.7. The quantitative estimate of drug-likeness (QED) is 0.688. The van der Waals surface area contributed by atoms with E-state index in [-0.39, 0.29) is 11.8 Å². The van der Waals surface area contributed by atoms with Gasteiger partial charge in [-0.05, 0) is 25.0 Å². The van der Waals surface area contributed by atoms with Crippen molar-refractivity contribution in [3.63, 3.8) is 0 Å². The van der Waals surface area contributed by atoms with Crippen LogP contribution in [-0.4, -0.2) is 17.8 Å². The Kier molecular flexibility index (Phi) is 1.56. The summed E-state index contributed by atoms with van der Waals surface area (Å²) in [6.07, 6.45) is 1.50. The van der Waals surface area contributed by atoms with Crippen molar-refractivity contribution in [3.8, 4) is 5.75 Å². The Labute approximate surface area is 98.2 Å². The summed E-state index contributed by atoms with van der Waals surface area (Å²) >= 11 is 0. The highest BCUT2D eigenvalue weighted by Crippen LogP contribution is 2.52. The molecule has 1 aliphatic carbocycles. The molecule has 2 aliphatic heterocycles. The second-order valence-corrected chi connectivity index (χ2v) is 5.05. The van der Waals surface area contributed by atoms with Crippen molar-refractivity contribution in [1.82, 2.24) is 0 Å². The predicted molar refractivity (Wildman–Crippen MR) is 59.5 cm³/mol. The van der Waals surface area contributed by atoms with Crippen LogP contribution in [0.1, 0.15) is 19.3 Å². The number of benzene rings is 1. The van der Waals surface area contributed by atoms with Crippen LogP contribution in [0.25, 0.3) is 0 Å². The third-order valence-electron chi connectivity index (χ3n) is 4.14. The van der Waals surface area contributed by atoms with Crippen LogP contribution in [0.15, 0.2) is 24.3 Å². The molecule has 1 saturated heterocycles. The molecular weight excluding hydrogens is 221 g/mol. The summed E-state index contributed by atoms with van der Waals surface area (Å²) in [5, 5.41) is 0. The summed E-state index contributed by atoms with van der Waals surface area (Å²) in [7, 11) is 0. The lowest BCUT2D eigenvalue weighted by molar-refractivity contribution is -0.120. The highest BCUT2D eigenvalue weighted by atomic mass is 19.2. The number of alkyl halides is 1. The Morgan fingerprint density at radius 3 is 3.12 bits per heavy atom. The number of amides is 1. The van der Waals surface area contributed by atoms with Gasteiger partial charge in [-0.3, -0.25) is 9.69 Å². The molecule has 1 amide bonds. The Bertz CT molecular complexity index is 518. The van der Waals surface area contributed by atoms with Gasteiger partial charge in [0.15, 0.2) is 0 Å². The number of halogens is 1. The van der Waals surface area contributed by atoms with Gasteiger partial charge < -0.3 is 4.74 Å². The second-order valence-electron chi connectivity index (χ2n) is 5.05. The number of carbonyl (C=O) groups excluding carboxylic acids is 1. The summed E-state index contributed by atoms with van der Waals surface area (Å²) in [5.74, 6) is -1.15. The van der Waals surface area contributed by atoms with E-state index < -0.39 is 11.9 Å². The van der Waals surface area contributed by atoms with E-state index in [0.29, 0.717) is 25.0 Å². The van der Waals surface area contributed by atoms with Gasteiger partial charge >= 0.3 is 0 Å². The molecule has 2 bridgehead atoms. The van der Waals surface area contributed by atoms with Gasteiger partial charge in [-0.2, -0.15) is 4.39 Å². The molecule has 4 rings (SSSR count). The van der Waals surface area contributed by atoms with Gasteiger partial charge in [-0.15, -0.1) is 0 Å². The molecule has 0 spiro atoms. The first-order chi connectivity index (χ1) is 8.19. The van der Waals surface area contributed by atoms with Crippen molar-refractivity contribution in [3.05, 3.63) is 24.3 Å². The number of fused-ring (bicyclic) bond motifs is 3. The molecule has 3 aliphatic rings. The molecular formula is C13H12FNO2. The first kappa shape index (κ1) is 9.45. The predicted octanol–water partition coefficient (Wildman–Crippen LogP) is 2.26. The van der Waals surface area contributed by atoms with E-state index in [2.05, 4.69) is 0 Å². The van der Waals surface area contributed by atoms with Gasteiger partial charge in [0, 0.05) is 12.3 Å². The first-order valence-electron chi connectivity index (χ1n) is 5.99. The van der Waals surface area contributed by atoms with Gasteiger partial charge in [0.2, 0.25) is 5.91 Å². The average molecular weight is 233 g/mol. The molecule has 1 aromatic carbocycles. The van der Waals surface area contributed by atoms with Crippen LogP contribution < -0.4 is 9.64 Å². The van der Waals surface area contributed by atoms with E-state index in [1.54, 1.807) is 17.0 Å². The summed E-state index contributed by atoms with van der Waals surface area (Å²) in [6, 6.07) is 6.78. The van der Waals surface area contributed by atoms with Crippen molar-refractivity contribution >= 4 is 11.6 Å². The zero-order valence-electron chi connectivity index (χ0n) is 9.23. The fourth-order valence-corrected chi connectivity index (χ4v) is 3.30. The van der Waals surface area contributed by atoms with Crippen molar-refractivity contribution in [2.24, 2.45) is 5.92 Å². The van der Waals surface area contributed by atoms with Crippen molar-refractivity contribution in [2.45, 2.75) is 31.2 Å². The van der Waals surface area contributed by atoms with E-state index in [1.807, 2.05) is 12.1 Å². The minimum atomic E-state index is -1.68. The zero-order valence-corrected chi connectivity index (χ0v) is 9.23. The molecule has 3 atom stereocenters. The molecule has 3 nitrogen and oxygen atoms in total. The fourth-order valence-electron chi connectivity index (χ4n) is 3.30. The lowest BCUT2D eigenvalue weighted by atomic mass is 9.85. The maximum absolute atomic E-state index is 14.7. The van der Waals surface area contributed by atoms with E-state index in [4.69, 9.17) is 4.74 Å². The number of anilines is 1. The van der Waals surface area contributed by atoms with Crippen LogP contribution in [0.3, 0.4) is 0 Å². The number of nitrogens with zero attached hydrogens (tertiary/aromatic N) is 1. The van der Waals surface area contributed by atoms with E-state index >= 15 is 0 Å². The molecule has 0 unspecified atom stereocenters. The van der Waals surface area contributed by atoms with Gasteiger partial charge in [0.05, 0.1) is 5.69 Å². The molecule has 0 N–H and O–H groups in total. The van der Waals surface area contributed by atoms with Crippen LogP contribution in [0.2, 0.25) is 0 Å². The fraction of sp³-hybridized carbons (Fsp3) is 0.462. The molecule has 2 fully saturated rings. The third-order valence-corrected chi connectivity index (χ3v) is 4.14. The van der Waals surface area contributed by atoms with E-state index in [9.17, 15) is 9.18 Å². The Morgan fingerprint density at radius 1 is 1.41 bits per heavy atom. The van der Waals surface area contributed by atoms with Crippen molar-refractivity contribution in [2.75, 3.05) is 4.90 Å². The second kappa shape index (κ2) is 2.81. The largest absolute Gasteiger partial charge is 0.453 e. The number of ether oxygens (including phenoxy) is 1. The Balaban J connectivity index is 1.95. The van der Waals surface area contributed by atoms with Crippen LogP contribution in [-0.2, 0) is 4.79 Å². The van der Waals surface area contributed by atoms with Crippen LogP contribution in [0.5, 0.6) is 5.75 Å². The molecule has 0 aromatic heterocycles. The molecule has 88 valence electrons. The molecule has 0 radical (unpaired) electrons. The molecule has 1 saturated carbocycles. The SMILES string of the molecule is O=C1[C@H]2CC[C@@]3(F)Oc4ccccc4N1[C@H]3C2. The van der Waals surface area contributed by atoms with Gasteiger partial charge in [0.1, 0.15) is 11.8 Å². The van der Waals surface area contributed by atoms with Gasteiger partial charge in [-0.25, -0.2) is 0 Å². The van der Waals surface area contributed by atoms with Crippen LogP contribution in [0, 0.1) is 5.92 Å². The maximum Gasteiger partial charge on any atom is 0.268 e. The number of para-hydroxylation sites is 2. The normalized spacial score (nSPS) is 37.7. The lowest BCUT2D eigenvalue weighted by Crippen LogP contribution is -2.54. The van der Waals surface area contributed by atoms with Crippen molar-refractivity contribution < 1.29 is 13.9 Å². The van der Waals surface area contributed by atoms with Crippen LogP contribution in [0.4, 0.5) is 10.1 Å². The molecule has 4 heteroatoms.